The van der Waals surface area contributed by atoms with Gasteiger partial charge < -0.3 is 24.8 Å². The van der Waals surface area contributed by atoms with Crippen molar-refractivity contribution in [2.24, 2.45) is 5.14 Å². The van der Waals surface area contributed by atoms with Gasteiger partial charge in [0.1, 0.15) is 12.3 Å². The number of sulfonamides is 1. The summed E-state index contributed by atoms with van der Waals surface area (Å²) in [6.45, 7) is 2.71. The van der Waals surface area contributed by atoms with Crippen molar-refractivity contribution >= 4 is 32.3 Å². The molecule has 2 heterocycles. The second-order valence-corrected chi connectivity index (χ2v) is 11.3. The number of halogens is 3. The van der Waals surface area contributed by atoms with Crippen molar-refractivity contribution in [2.75, 3.05) is 44.4 Å². The van der Waals surface area contributed by atoms with Crippen molar-refractivity contribution in [2.45, 2.75) is 43.4 Å². The van der Waals surface area contributed by atoms with Gasteiger partial charge in [0.05, 0.1) is 35.4 Å². The first-order chi connectivity index (χ1) is 18.3. The number of alkyl halides is 3. The lowest BCUT2D eigenvalue weighted by Gasteiger charge is -2.30. The Morgan fingerprint density at radius 1 is 1.13 bits per heavy atom. The van der Waals surface area contributed by atoms with Gasteiger partial charge in [-0.05, 0) is 81.7 Å². The number of anilines is 2. The molecular formula is C27H32F3N5O3S. The van der Waals surface area contributed by atoms with Gasteiger partial charge >= 0.3 is 6.18 Å². The Balaban J connectivity index is 1.63. The molecule has 3 aromatic rings. The number of fused-ring (bicyclic) bond motifs is 1. The number of aromatic nitrogens is 1. The minimum atomic E-state index is -4.43. The third-order valence-electron chi connectivity index (χ3n) is 6.67. The van der Waals surface area contributed by atoms with Crippen LogP contribution < -0.4 is 20.5 Å². The van der Waals surface area contributed by atoms with Gasteiger partial charge in [0.25, 0.3) is 0 Å². The quantitative estimate of drug-likeness (QED) is 0.374. The van der Waals surface area contributed by atoms with Gasteiger partial charge in [0.15, 0.2) is 0 Å². The Hall–Kier alpha value is -3.40. The topological polar surface area (TPSA) is 102 Å². The highest BCUT2D eigenvalue weighted by atomic mass is 32.2. The Morgan fingerprint density at radius 3 is 2.49 bits per heavy atom. The van der Waals surface area contributed by atoms with Crippen LogP contribution in [-0.2, 0) is 16.6 Å². The van der Waals surface area contributed by atoms with Crippen molar-refractivity contribution in [3.8, 4) is 17.6 Å². The summed E-state index contributed by atoms with van der Waals surface area (Å²) in [7, 11) is -0.442. The highest BCUT2D eigenvalue weighted by Crippen LogP contribution is 2.33. The van der Waals surface area contributed by atoms with Crippen LogP contribution in [0.1, 0.15) is 24.1 Å². The minimum absolute atomic E-state index is 0.0817. The molecule has 0 spiro atoms. The number of likely N-dealkylation sites (tertiary alicyclic amines) is 1. The van der Waals surface area contributed by atoms with E-state index >= 15 is 0 Å². The molecule has 39 heavy (non-hydrogen) atoms. The van der Waals surface area contributed by atoms with Crippen LogP contribution in [0.3, 0.4) is 0 Å². The lowest BCUT2D eigenvalue weighted by Crippen LogP contribution is -2.36. The van der Waals surface area contributed by atoms with Crippen LogP contribution in [0.4, 0.5) is 24.5 Å². The highest BCUT2D eigenvalue weighted by Gasteiger charge is 2.30. The number of primary sulfonamides is 1. The highest BCUT2D eigenvalue weighted by molar-refractivity contribution is 7.89. The largest absolute Gasteiger partial charge is 0.495 e. The first-order valence-corrected chi connectivity index (χ1v) is 14.0. The van der Waals surface area contributed by atoms with Crippen molar-refractivity contribution in [1.29, 1.82) is 0 Å². The number of benzene rings is 2. The van der Waals surface area contributed by atoms with Gasteiger partial charge in [-0.25, -0.2) is 13.6 Å². The Kier molecular flexibility index (Phi) is 8.34. The average Bonchev–Trinajstić information content (AvgIpc) is 3.18. The van der Waals surface area contributed by atoms with Gasteiger partial charge in [-0.3, -0.25) is 0 Å². The number of nitrogens with one attached hydrogen (secondary N) is 2. The fourth-order valence-electron chi connectivity index (χ4n) is 4.71. The molecule has 1 aromatic heterocycles. The number of methoxy groups -OCH3 is 1. The third-order valence-corrected chi connectivity index (χ3v) is 7.58. The van der Waals surface area contributed by atoms with E-state index in [0.29, 0.717) is 16.6 Å². The number of nitrogens with zero attached hydrogens (tertiary/aromatic N) is 2. The SMILES string of the molecule is COc1cc(S(N)(=O)=O)ccc1NCC#Cc1cc2c(NC3CCN(C)CC3)cc(C)cc2n1CC(F)(F)F. The number of ether oxygens (including phenoxy) is 1. The number of nitrogens with two attached hydrogens (primary N) is 1. The monoisotopic (exact) mass is 563 g/mol. The first kappa shape index (κ1) is 28.6. The molecule has 0 atom stereocenters. The minimum Gasteiger partial charge on any atom is -0.495 e. The summed E-state index contributed by atoms with van der Waals surface area (Å²) < 4.78 is 70.4. The van der Waals surface area contributed by atoms with E-state index in [9.17, 15) is 21.6 Å². The van der Waals surface area contributed by atoms with Crippen molar-refractivity contribution in [1.82, 2.24) is 9.47 Å². The number of hydrogen-bond donors (Lipinski definition) is 3. The fourth-order valence-corrected chi connectivity index (χ4v) is 5.24. The van der Waals surface area contributed by atoms with Gasteiger partial charge in [0.2, 0.25) is 10.0 Å². The number of piperidine rings is 1. The molecule has 8 nitrogen and oxygen atoms in total. The molecule has 1 aliphatic heterocycles. The molecule has 0 radical (unpaired) electrons. The van der Waals surface area contributed by atoms with Crippen molar-refractivity contribution in [3.63, 3.8) is 0 Å². The second kappa shape index (κ2) is 11.4. The summed E-state index contributed by atoms with van der Waals surface area (Å²) >= 11 is 0. The molecule has 1 fully saturated rings. The Labute approximate surface area is 226 Å². The van der Waals surface area contributed by atoms with E-state index in [0.717, 1.165) is 37.2 Å². The maximum absolute atomic E-state index is 13.6. The maximum atomic E-state index is 13.6. The molecule has 4 N–H and O–H groups in total. The molecule has 0 bridgehead atoms. The summed E-state index contributed by atoms with van der Waals surface area (Å²) in [5.74, 6) is 6.01. The Bertz CT molecular complexity index is 1520. The second-order valence-electron chi connectivity index (χ2n) is 9.76. The van der Waals surface area contributed by atoms with E-state index in [-0.39, 0.29) is 28.9 Å². The molecule has 0 amide bonds. The fraction of sp³-hybridized carbons (Fsp3) is 0.407. The first-order valence-electron chi connectivity index (χ1n) is 12.4. The third kappa shape index (κ3) is 7.17. The summed E-state index contributed by atoms with van der Waals surface area (Å²) in [5.41, 5.74) is 2.85. The zero-order valence-electron chi connectivity index (χ0n) is 22.0. The molecule has 1 saturated heterocycles. The van der Waals surface area contributed by atoms with Crippen LogP contribution in [0, 0.1) is 18.8 Å². The van der Waals surface area contributed by atoms with E-state index in [4.69, 9.17) is 9.88 Å². The van der Waals surface area contributed by atoms with Crippen LogP contribution in [0.15, 0.2) is 41.3 Å². The van der Waals surface area contributed by atoms with Crippen LogP contribution in [-0.4, -0.2) is 63.9 Å². The molecule has 0 unspecified atom stereocenters. The number of rotatable bonds is 7. The van der Waals surface area contributed by atoms with Crippen LogP contribution in [0.25, 0.3) is 10.9 Å². The summed E-state index contributed by atoms with van der Waals surface area (Å²) in [6.07, 6.45) is -2.52. The van der Waals surface area contributed by atoms with Gasteiger partial charge in [-0.1, -0.05) is 5.92 Å². The predicted molar refractivity (Wildman–Crippen MR) is 147 cm³/mol. The van der Waals surface area contributed by atoms with Crippen molar-refractivity contribution < 1.29 is 26.3 Å². The van der Waals surface area contributed by atoms with Crippen LogP contribution in [0.2, 0.25) is 0 Å². The van der Waals surface area contributed by atoms with E-state index in [1.54, 1.807) is 12.1 Å². The van der Waals surface area contributed by atoms with Gasteiger partial charge in [-0.15, -0.1) is 0 Å². The summed E-state index contributed by atoms with van der Waals surface area (Å²) in [6, 6.07) is 9.77. The van der Waals surface area contributed by atoms with Gasteiger partial charge in [0, 0.05) is 23.2 Å². The molecular weight excluding hydrogens is 531 g/mol. The molecule has 210 valence electrons. The van der Waals surface area contributed by atoms with E-state index in [1.807, 2.05) is 13.0 Å². The van der Waals surface area contributed by atoms with Crippen molar-refractivity contribution in [3.05, 3.63) is 47.7 Å². The molecule has 4 rings (SSSR count). The zero-order chi connectivity index (χ0) is 28.4. The standard InChI is InChI=1S/C27H32F3N5O3S/c1-18-13-24(33-19-8-11-34(2)12-9-19)22-15-20(35(25(22)14-18)17-27(28,29)30)5-4-10-32-23-7-6-21(39(31,36)37)16-26(23)38-3/h6-7,13-16,19,32-33H,8-12,17H2,1-3H3,(H2,31,36,37). The maximum Gasteiger partial charge on any atom is 0.406 e. The molecule has 0 aliphatic carbocycles. The van der Waals surface area contributed by atoms with Crippen LogP contribution >= 0.6 is 0 Å². The van der Waals surface area contributed by atoms with E-state index in [1.165, 1.54) is 29.9 Å². The molecule has 2 aromatic carbocycles. The Morgan fingerprint density at radius 2 is 1.85 bits per heavy atom. The van der Waals surface area contributed by atoms with Gasteiger partial charge in [-0.2, -0.15) is 13.2 Å². The number of hydrogen-bond acceptors (Lipinski definition) is 6. The van der Waals surface area contributed by atoms with E-state index in [2.05, 4.69) is 34.4 Å². The molecule has 1 aliphatic rings. The zero-order valence-corrected chi connectivity index (χ0v) is 22.8. The van der Waals surface area contributed by atoms with Crippen LogP contribution in [0.5, 0.6) is 5.75 Å². The molecule has 12 heteroatoms. The smallest absolute Gasteiger partial charge is 0.406 e. The number of aryl methyl sites for hydroxylation is 1. The summed E-state index contributed by atoms with van der Waals surface area (Å²) in [5, 5.41) is 12.4. The lowest BCUT2D eigenvalue weighted by atomic mass is 10.0. The average molecular weight is 564 g/mol. The molecule has 0 saturated carbocycles. The normalized spacial score (nSPS) is 15.2. The predicted octanol–water partition coefficient (Wildman–Crippen LogP) is 4.14. The summed E-state index contributed by atoms with van der Waals surface area (Å²) in [4.78, 5) is 2.16. The lowest BCUT2D eigenvalue weighted by molar-refractivity contribution is -0.140. The van der Waals surface area contributed by atoms with E-state index < -0.39 is 22.7 Å².